The summed E-state index contributed by atoms with van der Waals surface area (Å²) in [4.78, 5) is 12.4. The molecule has 1 N–H and O–H groups in total. The maximum atomic E-state index is 12.9. The molecule has 0 atom stereocenters. The number of benzene rings is 3. The van der Waals surface area contributed by atoms with Gasteiger partial charge in [-0.05, 0) is 54.1 Å². The van der Waals surface area contributed by atoms with Crippen molar-refractivity contribution in [3.05, 3.63) is 92.7 Å². The first-order chi connectivity index (χ1) is 16.0. The van der Waals surface area contributed by atoms with Crippen molar-refractivity contribution in [1.29, 1.82) is 0 Å². The quantitative estimate of drug-likeness (QED) is 0.282. The number of rotatable bonds is 9. The topological polar surface area (TPSA) is 75.7 Å². The third kappa shape index (κ3) is 6.99. The van der Waals surface area contributed by atoms with Crippen molar-refractivity contribution in [2.24, 2.45) is 0 Å². The SMILES string of the molecule is CS(=O)(=O)N(Cc1ccc(C(=O)NCCOc2ccc(F)cc2)cc1)c1cc(Cl)c(Cl)cc1Cl. The van der Waals surface area contributed by atoms with Gasteiger partial charge in [0, 0.05) is 5.56 Å². The number of ether oxygens (including phenoxy) is 1. The predicted octanol–water partition coefficient (Wildman–Crippen LogP) is 5.56. The molecule has 0 saturated carbocycles. The van der Waals surface area contributed by atoms with Gasteiger partial charge < -0.3 is 10.1 Å². The van der Waals surface area contributed by atoms with Crippen LogP contribution in [-0.2, 0) is 16.6 Å². The number of hydrogen-bond donors (Lipinski definition) is 1. The minimum absolute atomic E-state index is 0.0239. The maximum Gasteiger partial charge on any atom is 0.251 e. The Morgan fingerprint density at radius 2 is 1.59 bits per heavy atom. The zero-order valence-electron chi connectivity index (χ0n) is 17.9. The predicted molar refractivity (Wildman–Crippen MR) is 133 cm³/mol. The molecule has 3 aromatic carbocycles. The molecule has 1 amide bonds. The molecule has 6 nitrogen and oxygen atoms in total. The fourth-order valence-electron chi connectivity index (χ4n) is 2.98. The van der Waals surface area contributed by atoms with E-state index in [0.29, 0.717) is 16.9 Å². The van der Waals surface area contributed by atoms with Crippen LogP contribution in [-0.4, -0.2) is 33.7 Å². The van der Waals surface area contributed by atoms with Gasteiger partial charge in [0.05, 0.1) is 40.1 Å². The summed E-state index contributed by atoms with van der Waals surface area (Å²) < 4.78 is 44.3. The van der Waals surface area contributed by atoms with Gasteiger partial charge in [0.15, 0.2) is 0 Å². The van der Waals surface area contributed by atoms with Gasteiger partial charge in [-0.25, -0.2) is 12.8 Å². The van der Waals surface area contributed by atoms with Gasteiger partial charge in [-0.2, -0.15) is 0 Å². The Labute approximate surface area is 212 Å². The number of carbonyl (C=O) groups is 1. The molecule has 180 valence electrons. The zero-order valence-corrected chi connectivity index (χ0v) is 21.0. The molecular formula is C23H20Cl3FN2O4S. The summed E-state index contributed by atoms with van der Waals surface area (Å²) in [6.45, 7) is 0.433. The number of nitrogens with zero attached hydrogens (tertiary/aromatic N) is 1. The molecule has 11 heteroatoms. The Hall–Kier alpha value is -2.52. The monoisotopic (exact) mass is 544 g/mol. The lowest BCUT2D eigenvalue weighted by Gasteiger charge is -2.24. The Morgan fingerprint density at radius 3 is 2.21 bits per heavy atom. The molecular weight excluding hydrogens is 526 g/mol. The largest absolute Gasteiger partial charge is 0.492 e. The summed E-state index contributed by atoms with van der Waals surface area (Å²) in [5.41, 5.74) is 1.22. The first kappa shape index (κ1) is 26.1. The van der Waals surface area contributed by atoms with Crippen molar-refractivity contribution in [3.8, 4) is 5.75 Å². The van der Waals surface area contributed by atoms with E-state index in [1.807, 2.05) is 0 Å². The zero-order chi connectivity index (χ0) is 24.9. The van der Waals surface area contributed by atoms with Crippen molar-refractivity contribution in [2.45, 2.75) is 6.54 Å². The average Bonchev–Trinajstić information content (AvgIpc) is 2.78. The Balaban J connectivity index is 1.62. The van der Waals surface area contributed by atoms with E-state index < -0.39 is 10.0 Å². The highest BCUT2D eigenvalue weighted by Crippen LogP contribution is 2.36. The fourth-order valence-corrected chi connectivity index (χ4v) is 4.56. The number of anilines is 1. The van der Waals surface area contributed by atoms with Crippen LogP contribution >= 0.6 is 34.8 Å². The summed E-state index contributed by atoms with van der Waals surface area (Å²) in [6.07, 6.45) is 1.06. The number of nitrogens with one attached hydrogen (secondary N) is 1. The highest BCUT2D eigenvalue weighted by molar-refractivity contribution is 7.92. The molecule has 0 unspecified atom stereocenters. The van der Waals surface area contributed by atoms with E-state index in [-0.39, 0.29) is 52.2 Å². The summed E-state index contributed by atoms with van der Waals surface area (Å²) in [5, 5.41) is 3.24. The molecule has 0 radical (unpaired) electrons. The third-order valence-electron chi connectivity index (χ3n) is 4.67. The standard InChI is InChI=1S/C23H20Cl3FN2O4S/c1-34(31,32)29(22-13-20(25)19(24)12-21(22)26)14-15-2-4-16(5-3-15)23(30)28-10-11-33-18-8-6-17(27)7-9-18/h2-9,12-13H,10-11,14H2,1H3,(H,28,30). The summed E-state index contributed by atoms with van der Waals surface area (Å²) >= 11 is 18.2. The van der Waals surface area contributed by atoms with Crippen molar-refractivity contribution < 1.29 is 22.3 Å². The first-order valence-corrected chi connectivity index (χ1v) is 12.9. The molecule has 3 aromatic rings. The van der Waals surface area contributed by atoms with E-state index in [0.717, 1.165) is 10.6 Å². The molecule has 34 heavy (non-hydrogen) atoms. The van der Waals surface area contributed by atoms with E-state index in [1.165, 1.54) is 36.4 Å². The third-order valence-corrected chi connectivity index (χ3v) is 6.82. The highest BCUT2D eigenvalue weighted by Gasteiger charge is 2.22. The smallest absolute Gasteiger partial charge is 0.251 e. The minimum Gasteiger partial charge on any atom is -0.492 e. The second-order valence-electron chi connectivity index (χ2n) is 7.24. The van der Waals surface area contributed by atoms with Crippen LogP contribution in [0.3, 0.4) is 0 Å². The van der Waals surface area contributed by atoms with Crippen molar-refractivity contribution in [1.82, 2.24) is 5.32 Å². The number of halogens is 4. The van der Waals surface area contributed by atoms with Gasteiger partial charge >= 0.3 is 0 Å². The highest BCUT2D eigenvalue weighted by atomic mass is 35.5. The molecule has 0 heterocycles. The first-order valence-electron chi connectivity index (χ1n) is 9.92. The number of sulfonamides is 1. The second kappa shape index (κ2) is 11.3. The lowest BCUT2D eigenvalue weighted by Crippen LogP contribution is -2.30. The molecule has 0 spiro atoms. The van der Waals surface area contributed by atoms with Crippen LogP contribution < -0.4 is 14.4 Å². The number of amides is 1. The average molecular weight is 546 g/mol. The molecule has 0 fully saturated rings. The van der Waals surface area contributed by atoms with Gasteiger partial charge in [0.2, 0.25) is 10.0 Å². The van der Waals surface area contributed by atoms with Crippen molar-refractivity contribution in [3.63, 3.8) is 0 Å². The molecule has 0 saturated heterocycles. The lowest BCUT2D eigenvalue weighted by molar-refractivity contribution is 0.0947. The van der Waals surface area contributed by atoms with Crippen LogP contribution in [0.5, 0.6) is 5.75 Å². The van der Waals surface area contributed by atoms with E-state index in [9.17, 15) is 17.6 Å². The van der Waals surface area contributed by atoms with Crippen LogP contribution in [0.2, 0.25) is 15.1 Å². The summed E-state index contributed by atoms with van der Waals surface area (Å²) in [6, 6.07) is 14.8. The summed E-state index contributed by atoms with van der Waals surface area (Å²) in [7, 11) is -3.70. The number of carbonyl (C=O) groups excluding carboxylic acids is 1. The fraction of sp³-hybridized carbons (Fsp3) is 0.174. The van der Waals surface area contributed by atoms with Crippen molar-refractivity contribution in [2.75, 3.05) is 23.7 Å². The molecule has 3 rings (SSSR count). The molecule has 0 aliphatic carbocycles. The maximum absolute atomic E-state index is 12.9. The number of hydrogen-bond acceptors (Lipinski definition) is 4. The lowest BCUT2D eigenvalue weighted by atomic mass is 10.1. The molecule has 0 aliphatic heterocycles. The Bertz CT molecular complexity index is 1270. The van der Waals surface area contributed by atoms with Crippen LogP contribution in [0.15, 0.2) is 60.7 Å². The van der Waals surface area contributed by atoms with Gasteiger partial charge in [-0.1, -0.05) is 46.9 Å². The summed E-state index contributed by atoms with van der Waals surface area (Å²) in [5.74, 6) is -0.178. The van der Waals surface area contributed by atoms with Gasteiger partial charge in [-0.15, -0.1) is 0 Å². The minimum atomic E-state index is -3.70. The Kier molecular flexibility index (Phi) is 8.65. The molecule has 0 bridgehead atoms. The van der Waals surface area contributed by atoms with Gasteiger partial charge in [-0.3, -0.25) is 9.10 Å². The second-order valence-corrected chi connectivity index (χ2v) is 10.4. The normalized spacial score (nSPS) is 11.2. The van der Waals surface area contributed by atoms with Crippen molar-refractivity contribution >= 4 is 56.4 Å². The van der Waals surface area contributed by atoms with Gasteiger partial charge in [0.25, 0.3) is 5.91 Å². The van der Waals surface area contributed by atoms with Crippen LogP contribution in [0, 0.1) is 5.82 Å². The van der Waals surface area contributed by atoms with Crippen LogP contribution in [0.4, 0.5) is 10.1 Å². The van der Waals surface area contributed by atoms with Crippen LogP contribution in [0.1, 0.15) is 15.9 Å². The van der Waals surface area contributed by atoms with E-state index in [4.69, 9.17) is 39.5 Å². The van der Waals surface area contributed by atoms with E-state index in [2.05, 4.69) is 5.32 Å². The van der Waals surface area contributed by atoms with Gasteiger partial charge in [0.1, 0.15) is 18.2 Å². The van der Waals surface area contributed by atoms with Crippen LogP contribution in [0.25, 0.3) is 0 Å². The molecule has 0 aromatic heterocycles. The van der Waals surface area contributed by atoms with E-state index >= 15 is 0 Å². The molecule has 0 aliphatic rings. The van der Waals surface area contributed by atoms with E-state index in [1.54, 1.807) is 24.3 Å². The Morgan fingerprint density at radius 1 is 0.971 bits per heavy atom.